The maximum atomic E-state index is 5.77. The number of anilines is 1. The van der Waals surface area contributed by atoms with Gasteiger partial charge >= 0.3 is 0 Å². The lowest BCUT2D eigenvalue weighted by Crippen LogP contribution is -2.17. The van der Waals surface area contributed by atoms with E-state index in [-0.39, 0.29) is 0 Å². The maximum absolute atomic E-state index is 5.77. The second-order valence-corrected chi connectivity index (χ2v) is 6.18. The number of ether oxygens (including phenoxy) is 1. The molecule has 2 heterocycles. The molecular weight excluding hydrogens is 286 g/mol. The normalized spacial score (nSPS) is 18.0. The van der Waals surface area contributed by atoms with Gasteiger partial charge in [-0.05, 0) is 44.9 Å². The molecule has 1 atom stereocenters. The number of hydrazone groups is 1. The molecule has 2 aromatic rings. The second-order valence-electron chi connectivity index (χ2n) is 6.18. The van der Waals surface area contributed by atoms with Crippen molar-refractivity contribution in [1.29, 1.82) is 0 Å². The molecule has 1 aliphatic rings. The van der Waals surface area contributed by atoms with Crippen LogP contribution >= 0.6 is 0 Å². The first-order valence-electron chi connectivity index (χ1n) is 8.26. The van der Waals surface area contributed by atoms with Crippen molar-refractivity contribution in [2.45, 2.75) is 39.3 Å². The highest BCUT2D eigenvalue weighted by atomic mass is 16.5. The molecule has 3 rings (SSSR count). The van der Waals surface area contributed by atoms with Crippen molar-refractivity contribution in [2.24, 2.45) is 5.10 Å². The Bertz CT molecular complexity index is 669. The Morgan fingerprint density at radius 1 is 1.30 bits per heavy atom. The van der Waals surface area contributed by atoms with Crippen LogP contribution in [0.4, 0.5) is 5.69 Å². The van der Waals surface area contributed by atoms with E-state index in [1.54, 1.807) is 0 Å². The van der Waals surface area contributed by atoms with Crippen molar-refractivity contribution in [3.8, 4) is 0 Å². The van der Waals surface area contributed by atoms with Gasteiger partial charge in [0.2, 0.25) is 0 Å². The van der Waals surface area contributed by atoms with Crippen molar-refractivity contribution in [1.82, 2.24) is 4.57 Å². The molecule has 0 radical (unpaired) electrons. The smallest absolute Gasteiger partial charge is 0.0754 e. The molecule has 1 saturated heterocycles. The summed E-state index contributed by atoms with van der Waals surface area (Å²) in [5, 5.41) is 6.47. The van der Waals surface area contributed by atoms with Gasteiger partial charge in [0.05, 0.1) is 18.0 Å². The quantitative estimate of drug-likeness (QED) is 0.622. The highest BCUT2D eigenvalue weighted by molar-refractivity contribution is 5.82. The Hall–Kier alpha value is -2.07. The summed E-state index contributed by atoms with van der Waals surface area (Å²) in [5.74, 6) is 0. The zero-order valence-electron chi connectivity index (χ0n) is 14.2. The predicted molar refractivity (Wildman–Crippen MR) is 95.3 cm³/mol. The zero-order valence-corrected chi connectivity index (χ0v) is 14.2. The van der Waals surface area contributed by atoms with Gasteiger partial charge < -0.3 is 9.30 Å². The van der Waals surface area contributed by atoms with E-state index in [9.17, 15) is 0 Å². The number of hydrogen-bond acceptors (Lipinski definition) is 3. The zero-order chi connectivity index (χ0) is 16.2. The van der Waals surface area contributed by atoms with E-state index in [1.807, 2.05) is 36.5 Å². The van der Waals surface area contributed by atoms with Crippen LogP contribution in [0.15, 0.2) is 41.5 Å². The first-order valence-corrected chi connectivity index (χ1v) is 8.26. The molecule has 0 aliphatic carbocycles. The van der Waals surface area contributed by atoms with Gasteiger partial charge in [0.1, 0.15) is 0 Å². The highest BCUT2D eigenvalue weighted by Crippen LogP contribution is 2.20. The second kappa shape index (κ2) is 7.01. The summed E-state index contributed by atoms with van der Waals surface area (Å²) >= 11 is 0. The Kier molecular flexibility index (Phi) is 4.82. The third-order valence-electron chi connectivity index (χ3n) is 4.52. The summed E-state index contributed by atoms with van der Waals surface area (Å²) in [5.41, 5.74) is 4.77. The number of aromatic nitrogens is 1. The number of para-hydroxylation sites is 1. The van der Waals surface area contributed by atoms with E-state index in [1.165, 1.54) is 23.4 Å². The van der Waals surface area contributed by atoms with Gasteiger partial charge in [0, 0.05) is 37.2 Å². The van der Waals surface area contributed by atoms with Gasteiger partial charge in [0.15, 0.2) is 0 Å². The maximum Gasteiger partial charge on any atom is 0.0754 e. The predicted octanol–water partition coefficient (Wildman–Crippen LogP) is 3.75. The van der Waals surface area contributed by atoms with Crippen LogP contribution in [0.1, 0.15) is 29.8 Å². The van der Waals surface area contributed by atoms with Gasteiger partial charge in [-0.2, -0.15) is 5.10 Å². The fraction of sp³-hybridized carbons (Fsp3) is 0.421. The van der Waals surface area contributed by atoms with Crippen LogP contribution in [-0.4, -0.2) is 30.5 Å². The molecule has 1 aromatic carbocycles. The lowest BCUT2D eigenvalue weighted by molar-refractivity contribution is 0.0962. The Morgan fingerprint density at radius 3 is 2.78 bits per heavy atom. The van der Waals surface area contributed by atoms with Gasteiger partial charge in [-0.1, -0.05) is 18.2 Å². The summed E-state index contributed by atoms with van der Waals surface area (Å²) < 4.78 is 8.12. The largest absolute Gasteiger partial charge is 0.376 e. The van der Waals surface area contributed by atoms with E-state index < -0.39 is 0 Å². The van der Waals surface area contributed by atoms with Crippen molar-refractivity contribution >= 4 is 11.9 Å². The van der Waals surface area contributed by atoms with E-state index in [0.717, 1.165) is 25.3 Å². The standard InChI is InChI=1S/C19H25N3O/c1-15-12-17(13-20-21(3)18-8-5-4-6-9-18)16(2)22(15)14-19-10-7-11-23-19/h4-6,8-9,12-13,19H,7,10-11,14H2,1-3H3/b20-13-/t19-/m1/s1. The fourth-order valence-electron chi connectivity index (χ4n) is 3.09. The molecule has 0 spiro atoms. The van der Waals surface area contributed by atoms with Gasteiger partial charge in [-0.3, -0.25) is 5.01 Å². The Labute approximate surface area is 138 Å². The number of aryl methyl sites for hydroxylation is 1. The molecule has 1 aromatic heterocycles. The lowest BCUT2D eigenvalue weighted by Gasteiger charge is -2.15. The van der Waals surface area contributed by atoms with Crippen molar-refractivity contribution < 1.29 is 4.74 Å². The van der Waals surface area contributed by atoms with Crippen molar-refractivity contribution in [3.63, 3.8) is 0 Å². The van der Waals surface area contributed by atoms with E-state index in [4.69, 9.17) is 4.74 Å². The molecule has 122 valence electrons. The minimum atomic E-state index is 0.358. The molecule has 0 amide bonds. The molecule has 0 bridgehead atoms. The van der Waals surface area contributed by atoms with Crippen LogP contribution in [0.2, 0.25) is 0 Å². The van der Waals surface area contributed by atoms with E-state index >= 15 is 0 Å². The fourth-order valence-corrected chi connectivity index (χ4v) is 3.09. The van der Waals surface area contributed by atoms with Crippen LogP contribution in [-0.2, 0) is 11.3 Å². The lowest BCUT2D eigenvalue weighted by atomic mass is 10.2. The first-order chi connectivity index (χ1) is 11.1. The van der Waals surface area contributed by atoms with E-state index in [0.29, 0.717) is 6.10 Å². The number of rotatable bonds is 5. The van der Waals surface area contributed by atoms with Crippen LogP contribution in [0.5, 0.6) is 0 Å². The Balaban J connectivity index is 1.74. The summed E-state index contributed by atoms with van der Waals surface area (Å²) in [4.78, 5) is 0. The Morgan fingerprint density at radius 2 is 2.09 bits per heavy atom. The molecular formula is C19H25N3O. The number of hydrogen-bond donors (Lipinski definition) is 0. The van der Waals surface area contributed by atoms with Crippen LogP contribution in [0.25, 0.3) is 0 Å². The molecule has 0 N–H and O–H groups in total. The summed E-state index contributed by atoms with van der Waals surface area (Å²) in [6, 6.07) is 12.4. The highest BCUT2D eigenvalue weighted by Gasteiger charge is 2.18. The molecule has 1 aliphatic heterocycles. The average molecular weight is 311 g/mol. The molecule has 0 unspecified atom stereocenters. The molecule has 1 fully saturated rings. The average Bonchev–Trinajstić information content (AvgIpc) is 3.17. The van der Waals surface area contributed by atoms with Crippen LogP contribution in [0.3, 0.4) is 0 Å². The van der Waals surface area contributed by atoms with Gasteiger partial charge in [0.25, 0.3) is 0 Å². The topological polar surface area (TPSA) is 29.8 Å². The SMILES string of the molecule is Cc1cc(/C=N\N(C)c2ccccc2)c(C)n1C[C@H]1CCCO1. The van der Waals surface area contributed by atoms with Gasteiger partial charge in [-0.25, -0.2) is 0 Å². The summed E-state index contributed by atoms with van der Waals surface area (Å²) in [6.45, 7) is 6.16. The molecule has 0 saturated carbocycles. The molecule has 4 nitrogen and oxygen atoms in total. The van der Waals surface area contributed by atoms with Crippen LogP contribution in [0, 0.1) is 13.8 Å². The van der Waals surface area contributed by atoms with Crippen molar-refractivity contribution in [2.75, 3.05) is 18.7 Å². The summed E-state index contributed by atoms with van der Waals surface area (Å²) in [6.07, 6.45) is 4.65. The van der Waals surface area contributed by atoms with Crippen LogP contribution < -0.4 is 5.01 Å². The van der Waals surface area contributed by atoms with E-state index in [2.05, 4.69) is 41.7 Å². The third kappa shape index (κ3) is 3.64. The molecule has 4 heteroatoms. The van der Waals surface area contributed by atoms with Gasteiger partial charge in [-0.15, -0.1) is 0 Å². The summed E-state index contributed by atoms with van der Waals surface area (Å²) in [7, 11) is 1.97. The molecule has 23 heavy (non-hydrogen) atoms. The first kappa shape index (κ1) is 15.8. The monoisotopic (exact) mass is 311 g/mol. The number of benzene rings is 1. The number of nitrogens with zero attached hydrogens (tertiary/aromatic N) is 3. The van der Waals surface area contributed by atoms with Crippen molar-refractivity contribution in [3.05, 3.63) is 53.3 Å². The minimum absolute atomic E-state index is 0.358. The minimum Gasteiger partial charge on any atom is -0.376 e. The third-order valence-corrected chi connectivity index (χ3v) is 4.52.